The van der Waals surface area contributed by atoms with E-state index in [1.165, 1.54) is 17.1 Å². The molecule has 0 rings (SSSR count). The topological polar surface area (TPSA) is 4.36 Å². The third-order valence-electron chi connectivity index (χ3n) is 0.657. The Balaban J connectivity index is 2.69. The van der Waals surface area contributed by atoms with Gasteiger partial charge in [0.2, 0.25) is 0 Å². The van der Waals surface area contributed by atoms with Gasteiger partial charge in [0, 0.05) is 0 Å². The van der Waals surface area contributed by atoms with Gasteiger partial charge >= 0.3 is 68.2 Å². The molecule has 0 aromatic carbocycles. The fraction of sp³-hybridized carbons (Fsp3) is 0.833. The van der Waals surface area contributed by atoms with Gasteiger partial charge in [-0.3, -0.25) is 0 Å². The van der Waals surface area contributed by atoms with Crippen LogP contribution in [0.25, 0.3) is 4.85 Å². The van der Waals surface area contributed by atoms with Gasteiger partial charge in [-0.25, -0.2) is 0 Å². The van der Waals surface area contributed by atoms with Gasteiger partial charge in [0.15, 0.2) is 0 Å². The van der Waals surface area contributed by atoms with Crippen molar-refractivity contribution < 1.29 is 0 Å². The second-order valence-electron chi connectivity index (χ2n) is 1.53. The molecule has 0 radical (unpaired) electrons. The zero-order valence-corrected chi connectivity index (χ0v) is 9.02. The summed E-state index contributed by atoms with van der Waals surface area (Å²) in [6.45, 7) is 9.52. The van der Waals surface area contributed by atoms with Crippen LogP contribution in [0.15, 0.2) is 0 Å². The van der Waals surface area contributed by atoms with Crippen LogP contribution in [-0.2, 0) is 0 Å². The molecule has 9 heavy (non-hydrogen) atoms. The first-order valence-corrected chi connectivity index (χ1v) is 9.75. The molecular weight excluding hydrogens is 244 g/mol. The van der Waals surface area contributed by atoms with Gasteiger partial charge in [-0.15, -0.1) is 0 Å². The van der Waals surface area contributed by atoms with Crippen molar-refractivity contribution >= 4 is 26.3 Å². The fourth-order valence-electron chi connectivity index (χ4n) is 0.284. The third kappa shape index (κ3) is 8.53. The summed E-state index contributed by atoms with van der Waals surface area (Å²) in [4.78, 5) is 3.31. The van der Waals surface area contributed by atoms with Gasteiger partial charge in [0.05, 0.1) is 0 Å². The quantitative estimate of drug-likeness (QED) is 0.398. The minimum absolute atomic E-state index is 0.769. The van der Waals surface area contributed by atoms with Gasteiger partial charge in [-0.05, 0) is 0 Å². The van der Waals surface area contributed by atoms with Crippen LogP contribution < -0.4 is 0 Å². The van der Waals surface area contributed by atoms with E-state index in [-0.39, 0.29) is 0 Å². The molecule has 0 saturated carbocycles. The maximum absolute atomic E-state index is 6.52. The summed E-state index contributed by atoms with van der Waals surface area (Å²) < 4.78 is 0. The van der Waals surface area contributed by atoms with Gasteiger partial charge < -0.3 is 0 Å². The first-order valence-electron chi connectivity index (χ1n) is 2.99. The normalized spacial score (nSPS) is 8.89. The van der Waals surface area contributed by atoms with E-state index in [9.17, 15) is 0 Å². The Morgan fingerprint density at radius 2 is 2.00 bits per heavy atom. The van der Waals surface area contributed by atoms with Crippen molar-refractivity contribution in [3.63, 3.8) is 0 Å². The van der Waals surface area contributed by atoms with Crippen LogP contribution in [0.4, 0.5) is 0 Å². The maximum atomic E-state index is 6.52. The SMILES string of the molecule is [C-]#[N+]CC[Se][Se]CCC. The molecule has 52 valence electrons. The van der Waals surface area contributed by atoms with E-state index in [0.29, 0.717) is 0 Å². The van der Waals surface area contributed by atoms with Crippen molar-refractivity contribution in [3.8, 4) is 0 Å². The van der Waals surface area contributed by atoms with Crippen LogP contribution in [0.5, 0.6) is 0 Å². The standard InChI is InChI=1S/C6H11NSe2/c1-3-5-8-9-6-4-7-2/h3-6H2,1H3. The van der Waals surface area contributed by atoms with Crippen molar-refractivity contribution in [1.29, 1.82) is 0 Å². The third-order valence-corrected chi connectivity index (χ3v) is 8.40. The van der Waals surface area contributed by atoms with E-state index in [0.717, 1.165) is 32.8 Å². The Bertz CT molecular complexity index is 87.5. The second kappa shape index (κ2) is 8.53. The summed E-state index contributed by atoms with van der Waals surface area (Å²) in [6.07, 6.45) is 1.33. The molecule has 0 bridgehead atoms. The van der Waals surface area contributed by atoms with E-state index >= 15 is 0 Å². The van der Waals surface area contributed by atoms with Crippen LogP contribution in [0.2, 0.25) is 10.6 Å². The van der Waals surface area contributed by atoms with E-state index in [1.807, 2.05) is 0 Å². The molecule has 0 saturated heterocycles. The number of hydrogen-bond donors (Lipinski definition) is 0. The molecule has 0 fully saturated rings. The van der Waals surface area contributed by atoms with Gasteiger partial charge in [0.25, 0.3) is 0 Å². The van der Waals surface area contributed by atoms with Crippen LogP contribution in [0, 0.1) is 6.57 Å². The van der Waals surface area contributed by atoms with E-state index in [4.69, 9.17) is 6.57 Å². The molecule has 0 unspecified atom stereocenters. The number of rotatable bonds is 5. The zero-order valence-electron chi connectivity index (χ0n) is 5.59. The van der Waals surface area contributed by atoms with E-state index in [2.05, 4.69) is 11.8 Å². The number of hydrogen-bond acceptors (Lipinski definition) is 0. The van der Waals surface area contributed by atoms with E-state index in [1.54, 1.807) is 0 Å². The molecule has 0 aliphatic carbocycles. The average molecular weight is 255 g/mol. The Kier molecular flexibility index (Phi) is 9.03. The minimum atomic E-state index is 0.769. The zero-order chi connectivity index (χ0) is 6.95. The molecule has 0 N–H and O–H groups in total. The molecule has 0 aliphatic rings. The second-order valence-corrected chi connectivity index (χ2v) is 9.37. The molecule has 0 amide bonds. The Morgan fingerprint density at radius 1 is 1.33 bits per heavy atom. The van der Waals surface area contributed by atoms with Crippen molar-refractivity contribution in [2.75, 3.05) is 6.54 Å². The summed E-state index contributed by atoms with van der Waals surface area (Å²) in [7, 11) is 0. The van der Waals surface area contributed by atoms with Crippen LogP contribution in [0.1, 0.15) is 13.3 Å². The molecule has 0 aromatic rings. The molecular formula is C6H11NSe2. The summed E-state index contributed by atoms with van der Waals surface area (Å²) in [5.41, 5.74) is 0. The van der Waals surface area contributed by atoms with Gasteiger partial charge in [-0.1, -0.05) is 0 Å². The Morgan fingerprint density at radius 3 is 2.56 bits per heavy atom. The van der Waals surface area contributed by atoms with Gasteiger partial charge in [-0.2, -0.15) is 0 Å². The van der Waals surface area contributed by atoms with Gasteiger partial charge in [0.1, 0.15) is 0 Å². The molecule has 3 heteroatoms. The summed E-state index contributed by atoms with van der Waals surface area (Å²) in [6, 6.07) is 0. The molecule has 0 aromatic heterocycles. The summed E-state index contributed by atoms with van der Waals surface area (Å²) in [5, 5.41) is 2.61. The van der Waals surface area contributed by atoms with Crippen LogP contribution in [0.3, 0.4) is 0 Å². The monoisotopic (exact) mass is 257 g/mol. The molecule has 0 heterocycles. The van der Waals surface area contributed by atoms with Crippen LogP contribution in [-0.4, -0.2) is 32.8 Å². The fourth-order valence-corrected chi connectivity index (χ4v) is 6.68. The molecule has 0 spiro atoms. The Hall–Kier alpha value is 0.529. The number of nitrogens with zero attached hydrogens (tertiary/aromatic N) is 1. The Labute approximate surface area is 68.3 Å². The average Bonchev–Trinajstić information content (AvgIpc) is 1.89. The van der Waals surface area contributed by atoms with Crippen LogP contribution >= 0.6 is 0 Å². The van der Waals surface area contributed by atoms with Crippen molar-refractivity contribution in [1.82, 2.24) is 0 Å². The first kappa shape index (κ1) is 9.53. The predicted molar refractivity (Wildman–Crippen MR) is 42.9 cm³/mol. The molecule has 0 aliphatic heterocycles. The van der Waals surface area contributed by atoms with Crippen molar-refractivity contribution in [2.45, 2.75) is 24.0 Å². The van der Waals surface area contributed by atoms with Crippen molar-refractivity contribution in [3.05, 3.63) is 11.4 Å². The van der Waals surface area contributed by atoms with Crippen molar-refractivity contribution in [2.24, 2.45) is 0 Å². The summed E-state index contributed by atoms with van der Waals surface area (Å²) in [5.74, 6) is 0. The van der Waals surface area contributed by atoms with E-state index < -0.39 is 0 Å². The molecule has 1 nitrogen and oxygen atoms in total. The molecule has 0 atom stereocenters. The summed E-state index contributed by atoms with van der Waals surface area (Å²) >= 11 is 1.72. The first-order chi connectivity index (χ1) is 4.41. The predicted octanol–water partition coefficient (Wildman–Crippen LogP) is 1.48.